The Kier molecular flexibility index (Phi) is 4.15. The van der Waals surface area contributed by atoms with E-state index in [1.54, 1.807) is 0 Å². The van der Waals surface area contributed by atoms with E-state index < -0.39 is 5.60 Å². The first-order chi connectivity index (χ1) is 9.03. The van der Waals surface area contributed by atoms with Crippen molar-refractivity contribution in [1.82, 2.24) is 0 Å². The normalized spacial score (nSPS) is 22.6. The molecule has 1 aromatic carbocycles. The van der Waals surface area contributed by atoms with Gasteiger partial charge in [0.2, 0.25) is 0 Å². The predicted octanol–water partition coefficient (Wildman–Crippen LogP) is 4.63. The Hall–Kier alpha value is -1.08. The summed E-state index contributed by atoms with van der Waals surface area (Å²) in [6.45, 7) is 8.68. The molecule has 0 bridgehead atoms. The Morgan fingerprint density at radius 2 is 1.63 bits per heavy atom. The summed E-state index contributed by atoms with van der Waals surface area (Å²) in [4.78, 5) is 0. The molecule has 0 saturated carbocycles. The second-order valence-corrected chi connectivity index (χ2v) is 6.07. The smallest absolute Gasteiger partial charge is 0.0745 e. The summed E-state index contributed by atoms with van der Waals surface area (Å²) in [5.74, 6) is 1.20. The van der Waals surface area contributed by atoms with Crippen LogP contribution in [0.1, 0.15) is 63.5 Å². The van der Waals surface area contributed by atoms with E-state index >= 15 is 0 Å². The Morgan fingerprint density at radius 3 is 2.16 bits per heavy atom. The minimum absolute atomic E-state index is 0.133. The van der Waals surface area contributed by atoms with Gasteiger partial charge in [-0.15, -0.1) is 0 Å². The number of hydrogen-bond acceptors (Lipinski definition) is 1. The molecule has 2 rings (SSSR count). The predicted molar refractivity (Wildman–Crippen MR) is 81.4 cm³/mol. The molecule has 1 nitrogen and oxygen atoms in total. The van der Waals surface area contributed by atoms with Crippen molar-refractivity contribution >= 4 is 0 Å². The lowest BCUT2D eigenvalue weighted by Crippen LogP contribution is -2.36. The van der Waals surface area contributed by atoms with E-state index in [4.69, 9.17) is 0 Å². The number of rotatable bonds is 4. The lowest BCUT2D eigenvalue weighted by atomic mass is 9.70. The van der Waals surface area contributed by atoms with E-state index in [1.165, 1.54) is 11.1 Å². The molecule has 0 radical (unpaired) electrons. The van der Waals surface area contributed by atoms with Gasteiger partial charge < -0.3 is 5.11 Å². The van der Waals surface area contributed by atoms with Crippen molar-refractivity contribution in [2.24, 2.45) is 5.92 Å². The Bertz CT molecular complexity index is 455. The molecule has 0 fully saturated rings. The summed E-state index contributed by atoms with van der Waals surface area (Å²) in [5.41, 5.74) is 2.09. The molecular weight excluding hydrogens is 232 g/mol. The molecule has 19 heavy (non-hydrogen) atoms. The lowest BCUT2D eigenvalue weighted by Gasteiger charge is -2.38. The van der Waals surface area contributed by atoms with Crippen LogP contribution in [0, 0.1) is 5.92 Å². The maximum atomic E-state index is 10.9. The summed E-state index contributed by atoms with van der Waals surface area (Å²) < 4.78 is 0. The van der Waals surface area contributed by atoms with E-state index in [2.05, 4.69) is 64.1 Å². The third-order valence-corrected chi connectivity index (χ3v) is 4.72. The minimum atomic E-state index is -0.617. The molecule has 1 N–H and O–H groups in total. The molecule has 0 amide bonds. The first kappa shape index (κ1) is 14.3. The molecule has 0 aliphatic heterocycles. The fourth-order valence-corrected chi connectivity index (χ4v) is 3.28. The van der Waals surface area contributed by atoms with Crippen LogP contribution in [0.3, 0.4) is 0 Å². The second kappa shape index (κ2) is 5.50. The zero-order chi connectivity index (χ0) is 14.0. The van der Waals surface area contributed by atoms with E-state index in [9.17, 15) is 5.11 Å². The largest absolute Gasteiger partial charge is 0.389 e. The summed E-state index contributed by atoms with van der Waals surface area (Å²) in [6, 6.07) is 8.62. The van der Waals surface area contributed by atoms with Gasteiger partial charge in [-0.2, -0.15) is 0 Å². The van der Waals surface area contributed by atoms with Crippen LogP contribution in [0.5, 0.6) is 0 Å². The SMILES string of the molecule is CCC(O)(CC)[C@H]1C=C[C@H](C(C)C)c2ccccc21. The molecule has 2 atom stereocenters. The van der Waals surface area contributed by atoms with Crippen molar-refractivity contribution in [3.05, 3.63) is 47.5 Å². The Labute approximate surface area is 117 Å². The van der Waals surface area contributed by atoms with Gasteiger partial charge in [0.25, 0.3) is 0 Å². The number of hydrogen-bond donors (Lipinski definition) is 1. The van der Waals surface area contributed by atoms with E-state index in [0.717, 1.165) is 12.8 Å². The molecule has 1 aliphatic rings. The summed E-state index contributed by atoms with van der Waals surface area (Å²) in [7, 11) is 0. The first-order valence-corrected chi connectivity index (χ1v) is 7.53. The maximum Gasteiger partial charge on any atom is 0.0745 e. The molecule has 0 unspecified atom stereocenters. The van der Waals surface area contributed by atoms with E-state index in [-0.39, 0.29) is 5.92 Å². The van der Waals surface area contributed by atoms with Crippen molar-refractivity contribution in [2.45, 2.75) is 58.0 Å². The van der Waals surface area contributed by atoms with Crippen LogP contribution in [0.4, 0.5) is 0 Å². The third-order valence-electron chi connectivity index (χ3n) is 4.72. The third kappa shape index (κ3) is 2.49. The molecule has 104 valence electrons. The second-order valence-electron chi connectivity index (χ2n) is 6.07. The molecule has 0 aromatic heterocycles. The Morgan fingerprint density at radius 1 is 1.05 bits per heavy atom. The van der Waals surface area contributed by atoms with Crippen molar-refractivity contribution in [2.75, 3.05) is 0 Å². The quantitative estimate of drug-likeness (QED) is 0.781. The average Bonchev–Trinajstić information content (AvgIpc) is 2.45. The van der Waals surface area contributed by atoms with Gasteiger partial charge in [0.15, 0.2) is 0 Å². The molecule has 1 aromatic rings. The molecular formula is C18H26O. The van der Waals surface area contributed by atoms with Gasteiger partial charge in [-0.25, -0.2) is 0 Å². The minimum Gasteiger partial charge on any atom is -0.389 e. The van der Waals surface area contributed by atoms with Crippen molar-refractivity contribution < 1.29 is 5.11 Å². The van der Waals surface area contributed by atoms with Crippen LogP contribution >= 0.6 is 0 Å². The van der Waals surface area contributed by atoms with E-state index in [1.807, 2.05) is 0 Å². The molecule has 1 heteroatoms. The first-order valence-electron chi connectivity index (χ1n) is 7.53. The highest BCUT2D eigenvalue weighted by Gasteiger charge is 2.37. The monoisotopic (exact) mass is 258 g/mol. The standard InChI is InChI=1S/C18H26O/c1-5-18(19,6-2)17-12-11-14(13(3)4)15-9-7-8-10-16(15)17/h7-14,17,19H,5-6H2,1-4H3/t14-,17+/m1/s1. The number of benzene rings is 1. The van der Waals surface area contributed by atoms with Crippen molar-refractivity contribution in [3.63, 3.8) is 0 Å². The number of allylic oxidation sites excluding steroid dienone is 1. The van der Waals surface area contributed by atoms with Gasteiger partial charge >= 0.3 is 0 Å². The lowest BCUT2D eigenvalue weighted by molar-refractivity contribution is 0.0169. The van der Waals surface area contributed by atoms with Crippen LogP contribution in [-0.4, -0.2) is 10.7 Å². The fraction of sp³-hybridized carbons (Fsp3) is 0.556. The number of fused-ring (bicyclic) bond motifs is 1. The molecule has 1 aliphatic carbocycles. The van der Waals surface area contributed by atoms with Gasteiger partial charge in [-0.05, 0) is 29.9 Å². The van der Waals surface area contributed by atoms with Gasteiger partial charge in [0, 0.05) is 11.8 Å². The zero-order valence-corrected chi connectivity index (χ0v) is 12.6. The van der Waals surface area contributed by atoms with Gasteiger partial charge in [-0.3, -0.25) is 0 Å². The zero-order valence-electron chi connectivity index (χ0n) is 12.6. The molecule has 0 heterocycles. The van der Waals surface area contributed by atoms with Crippen LogP contribution in [0.2, 0.25) is 0 Å². The summed E-state index contributed by atoms with van der Waals surface area (Å²) in [5, 5.41) is 10.9. The maximum absolute atomic E-state index is 10.9. The highest BCUT2D eigenvalue weighted by Crippen LogP contribution is 2.44. The highest BCUT2D eigenvalue weighted by atomic mass is 16.3. The fourth-order valence-electron chi connectivity index (χ4n) is 3.28. The molecule has 0 spiro atoms. The van der Waals surface area contributed by atoms with Crippen LogP contribution in [0.25, 0.3) is 0 Å². The molecule has 0 saturated heterocycles. The van der Waals surface area contributed by atoms with Crippen molar-refractivity contribution in [3.8, 4) is 0 Å². The van der Waals surface area contributed by atoms with E-state index in [0.29, 0.717) is 11.8 Å². The number of aliphatic hydroxyl groups is 1. The van der Waals surface area contributed by atoms with Crippen molar-refractivity contribution in [1.29, 1.82) is 0 Å². The van der Waals surface area contributed by atoms with Gasteiger partial charge in [0.05, 0.1) is 5.60 Å². The van der Waals surface area contributed by atoms with Crippen LogP contribution in [0.15, 0.2) is 36.4 Å². The average molecular weight is 258 g/mol. The highest BCUT2D eigenvalue weighted by molar-refractivity contribution is 5.43. The summed E-state index contributed by atoms with van der Waals surface area (Å²) in [6.07, 6.45) is 6.12. The van der Waals surface area contributed by atoms with Crippen LogP contribution in [-0.2, 0) is 0 Å². The summed E-state index contributed by atoms with van der Waals surface area (Å²) >= 11 is 0. The topological polar surface area (TPSA) is 20.2 Å². The van der Waals surface area contributed by atoms with Crippen LogP contribution < -0.4 is 0 Å². The Balaban J connectivity index is 2.49. The van der Waals surface area contributed by atoms with Gasteiger partial charge in [0.1, 0.15) is 0 Å². The van der Waals surface area contributed by atoms with Gasteiger partial charge in [-0.1, -0.05) is 64.1 Å².